The van der Waals surface area contributed by atoms with Gasteiger partial charge in [-0.05, 0) is 43.3 Å². The molecule has 9 nitrogen and oxygen atoms in total. The van der Waals surface area contributed by atoms with Gasteiger partial charge in [0.05, 0.1) is 11.3 Å². The number of carbonyl (C=O) groups is 3. The van der Waals surface area contributed by atoms with Crippen LogP contribution in [0.25, 0.3) is 0 Å². The molecule has 31 heavy (non-hydrogen) atoms. The van der Waals surface area contributed by atoms with Gasteiger partial charge >= 0.3 is 5.97 Å². The Morgan fingerprint density at radius 2 is 1.94 bits per heavy atom. The fraction of sp³-hybridized carbons (Fsp3) is 0.238. The number of hydrogen-bond acceptors (Lipinski definition) is 7. The van der Waals surface area contributed by atoms with Gasteiger partial charge in [0.25, 0.3) is 0 Å². The van der Waals surface area contributed by atoms with E-state index in [-0.39, 0.29) is 30.6 Å². The molecule has 0 aromatic heterocycles. The number of carboxylic acids is 1. The van der Waals surface area contributed by atoms with E-state index in [9.17, 15) is 14.4 Å². The number of rotatable bonds is 6. The highest BCUT2D eigenvalue weighted by molar-refractivity contribution is 8.15. The lowest BCUT2D eigenvalue weighted by atomic mass is 10.2. The quantitative estimate of drug-likeness (QED) is 0.707. The predicted molar refractivity (Wildman–Crippen MR) is 115 cm³/mol. The molecule has 0 spiro atoms. The number of ether oxygens (including phenoxy) is 2. The van der Waals surface area contributed by atoms with E-state index in [1.165, 1.54) is 36.0 Å². The van der Waals surface area contributed by atoms with Crippen LogP contribution < -0.4 is 14.8 Å². The Labute approximate surface area is 182 Å². The molecule has 1 unspecified atom stereocenters. The maximum absolute atomic E-state index is 12.8. The van der Waals surface area contributed by atoms with Crippen molar-refractivity contribution >= 4 is 46.1 Å². The van der Waals surface area contributed by atoms with Crippen LogP contribution in [0.4, 0.5) is 11.4 Å². The van der Waals surface area contributed by atoms with E-state index in [2.05, 4.69) is 10.3 Å². The predicted octanol–water partition coefficient (Wildman–Crippen LogP) is 3.09. The van der Waals surface area contributed by atoms with Crippen LogP contribution in [0.2, 0.25) is 0 Å². The summed E-state index contributed by atoms with van der Waals surface area (Å²) in [7, 11) is 0. The van der Waals surface area contributed by atoms with Gasteiger partial charge in [-0.25, -0.2) is 9.79 Å². The Morgan fingerprint density at radius 3 is 2.65 bits per heavy atom. The second-order valence-corrected chi connectivity index (χ2v) is 7.93. The summed E-state index contributed by atoms with van der Waals surface area (Å²) in [6.07, 6.45) is -0.0269. The lowest BCUT2D eigenvalue weighted by Gasteiger charge is -2.13. The zero-order valence-electron chi connectivity index (χ0n) is 16.5. The number of anilines is 1. The van der Waals surface area contributed by atoms with Crippen molar-refractivity contribution in [2.75, 3.05) is 18.7 Å². The van der Waals surface area contributed by atoms with Crippen molar-refractivity contribution in [3.8, 4) is 11.5 Å². The lowest BCUT2D eigenvalue weighted by molar-refractivity contribution is -0.128. The fourth-order valence-corrected chi connectivity index (χ4v) is 4.38. The van der Waals surface area contributed by atoms with E-state index < -0.39 is 11.2 Å². The molecule has 2 aromatic carbocycles. The molecule has 10 heteroatoms. The van der Waals surface area contributed by atoms with Crippen molar-refractivity contribution in [2.45, 2.75) is 18.6 Å². The Bertz CT molecular complexity index is 1070. The number of thioether (sulfide) groups is 1. The summed E-state index contributed by atoms with van der Waals surface area (Å²) >= 11 is 1.24. The highest BCUT2D eigenvalue weighted by Crippen LogP contribution is 2.37. The molecule has 4 rings (SSSR count). The minimum absolute atomic E-state index is 0.0269. The zero-order chi connectivity index (χ0) is 22.0. The van der Waals surface area contributed by atoms with Crippen LogP contribution in [0.3, 0.4) is 0 Å². The number of carbonyl (C=O) groups excluding carboxylic acids is 2. The molecule has 0 bridgehead atoms. The maximum atomic E-state index is 12.8. The number of nitrogens with one attached hydrogen (secondary N) is 1. The van der Waals surface area contributed by atoms with E-state index >= 15 is 0 Å². The Kier molecular flexibility index (Phi) is 5.81. The smallest absolute Gasteiger partial charge is 0.335 e. The first kappa shape index (κ1) is 20.7. The molecule has 2 aromatic rings. The molecular weight excluding hydrogens is 422 g/mol. The minimum Gasteiger partial charge on any atom is -0.478 e. The third-order valence-electron chi connectivity index (χ3n) is 4.70. The van der Waals surface area contributed by atoms with Crippen molar-refractivity contribution in [1.29, 1.82) is 0 Å². The summed E-state index contributed by atoms with van der Waals surface area (Å²) in [4.78, 5) is 42.2. The van der Waals surface area contributed by atoms with Crippen LogP contribution in [0, 0.1) is 0 Å². The monoisotopic (exact) mass is 441 g/mol. The molecule has 2 aliphatic rings. The molecule has 2 amide bonds. The van der Waals surface area contributed by atoms with Gasteiger partial charge in [-0.15, -0.1) is 0 Å². The molecule has 1 saturated heterocycles. The molecule has 2 heterocycles. The largest absolute Gasteiger partial charge is 0.478 e. The van der Waals surface area contributed by atoms with Crippen LogP contribution >= 0.6 is 11.8 Å². The molecule has 160 valence electrons. The third kappa shape index (κ3) is 4.48. The number of aromatic carboxylic acids is 1. The number of fused-ring (bicyclic) bond motifs is 1. The summed E-state index contributed by atoms with van der Waals surface area (Å²) in [6, 6.07) is 11.1. The lowest BCUT2D eigenvalue weighted by Crippen LogP contribution is -2.33. The Morgan fingerprint density at radius 1 is 1.19 bits per heavy atom. The number of amidine groups is 1. The van der Waals surface area contributed by atoms with Crippen molar-refractivity contribution in [3.63, 3.8) is 0 Å². The zero-order valence-corrected chi connectivity index (χ0v) is 17.3. The fourth-order valence-electron chi connectivity index (χ4n) is 3.16. The molecule has 2 aliphatic heterocycles. The van der Waals surface area contributed by atoms with E-state index in [0.29, 0.717) is 34.6 Å². The SMILES string of the molecule is CCN1C(=O)C(CC(=O)Nc2ccc(C(=O)O)cc2)SC1=Nc1ccc2c(c1)OCO2. The minimum atomic E-state index is -1.04. The van der Waals surface area contributed by atoms with Gasteiger partial charge in [-0.2, -0.15) is 0 Å². The van der Waals surface area contributed by atoms with Crippen LogP contribution in [0.1, 0.15) is 23.7 Å². The van der Waals surface area contributed by atoms with Crippen molar-refractivity contribution < 1.29 is 29.0 Å². The highest BCUT2D eigenvalue weighted by atomic mass is 32.2. The molecule has 1 atom stereocenters. The number of carboxylic acid groups (broad SMARTS) is 1. The highest BCUT2D eigenvalue weighted by Gasteiger charge is 2.38. The Hall–Kier alpha value is -3.53. The molecule has 1 fully saturated rings. The molecule has 2 N–H and O–H groups in total. The third-order valence-corrected chi connectivity index (χ3v) is 5.88. The topological polar surface area (TPSA) is 118 Å². The molecular formula is C21H19N3O6S. The first-order chi connectivity index (χ1) is 14.9. The van der Waals surface area contributed by atoms with E-state index in [1.54, 1.807) is 23.1 Å². The summed E-state index contributed by atoms with van der Waals surface area (Å²) in [6.45, 7) is 2.45. The summed E-state index contributed by atoms with van der Waals surface area (Å²) in [5.41, 5.74) is 1.22. The van der Waals surface area contributed by atoms with Crippen LogP contribution in [0.5, 0.6) is 11.5 Å². The Balaban J connectivity index is 1.44. The van der Waals surface area contributed by atoms with Crippen LogP contribution in [0.15, 0.2) is 47.5 Å². The van der Waals surface area contributed by atoms with Gasteiger partial charge in [0.2, 0.25) is 18.6 Å². The van der Waals surface area contributed by atoms with Gasteiger partial charge in [0, 0.05) is 24.7 Å². The summed E-state index contributed by atoms with van der Waals surface area (Å²) in [5, 5.41) is 11.6. The summed E-state index contributed by atoms with van der Waals surface area (Å²) in [5.74, 6) is -0.307. The van der Waals surface area contributed by atoms with Gasteiger partial charge < -0.3 is 19.9 Å². The van der Waals surface area contributed by atoms with Gasteiger partial charge in [0.1, 0.15) is 5.25 Å². The van der Waals surface area contributed by atoms with Crippen molar-refractivity contribution in [2.24, 2.45) is 4.99 Å². The first-order valence-corrected chi connectivity index (χ1v) is 10.4. The summed E-state index contributed by atoms with van der Waals surface area (Å²) < 4.78 is 10.7. The van der Waals surface area contributed by atoms with Crippen molar-refractivity contribution in [3.05, 3.63) is 48.0 Å². The molecule has 0 saturated carbocycles. The van der Waals surface area contributed by atoms with E-state index in [4.69, 9.17) is 14.6 Å². The van der Waals surface area contributed by atoms with Gasteiger partial charge in [-0.1, -0.05) is 11.8 Å². The molecule has 0 radical (unpaired) electrons. The van der Waals surface area contributed by atoms with Crippen molar-refractivity contribution in [1.82, 2.24) is 4.90 Å². The van der Waals surface area contributed by atoms with E-state index in [1.807, 2.05) is 6.92 Å². The normalized spacial score (nSPS) is 18.5. The van der Waals surface area contributed by atoms with Gasteiger partial charge in [0.15, 0.2) is 16.7 Å². The number of benzene rings is 2. The number of hydrogen-bond donors (Lipinski definition) is 2. The molecule has 0 aliphatic carbocycles. The average molecular weight is 441 g/mol. The van der Waals surface area contributed by atoms with E-state index in [0.717, 1.165) is 0 Å². The second-order valence-electron chi connectivity index (χ2n) is 6.76. The number of aliphatic imine (C=N–C) groups is 1. The second kappa shape index (κ2) is 8.68. The van der Waals surface area contributed by atoms with Crippen LogP contribution in [-0.2, 0) is 9.59 Å². The number of amides is 2. The van der Waals surface area contributed by atoms with Gasteiger partial charge in [-0.3, -0.25) is 14.5 Å². The number of nitrogens with zero attached hydrogens (tertiary/aromatic N) is 2. The standard InChI is InChI=1S/C21H19N3O6S/c1-2-24-19(26)17(10-18(25)22-13-5-3-12(4-6-13)20(27)28)31-21(24)23-14-7-8-15-16(9-14)30-11-29-15/h3-9,17H,2,10-11H2,1H3,(H,22,25)(H,27,28). The average Bonchev–Trinajstić information content (AvgIpc) is 3.32. The first-order valence-electron chi connectivity index (χ1n) is 9.54. The van der Waals surface area contributed by atoms with Crippen LogP contribution in [-0.4, -0.2) is 51.5 Å². The maximum Gasteiger partial charge on any atom is 0.335 e.